The monoisotopic (exact) mass is 350 g/mol. The zero-order valence-electron chi connectivity index (χ0n) is 13.9. The van der Waals surface area contributed by atoms with Gasteiger partial charge in [0, 0.05) is 11.1 Å². The molecule has 2 nitrogen and oxygen atoms in total. The molecular weight excluding hydrogens is 326 g/mol. The summed E-state index contributed by atoms with van der Waals surface area (Å²) in [7, 11) is 0. The van der Waals surface area contributed by atoms with Crippen molar-refractivity contribution in [3.63, 3.8) is 0 Å². The van der Waals surface area contributed by atoms with Gasteiger partial charge in [0.1, 0.15) is 11.5 Å². The highest BCUT2D eigenvalue weighted by Crippen LogP contribution is 2.53. The van der Waals surface area contributed by atoms with Gasteiger partial charge < -0.3 is 9.26 Å². The summed E-state index contributed by atoms with van der Waals surface area (Å²) < 4.78 is 11.5. The predicted molar refractivity (Wildman–Crippen MR) is 94.3 cm³/mol. The fraction of sp³-hybridized carbons (Fsp3) is 0.625. The van der Waals surface area contributed by atoms with Crippen LogP contribution in [0.2, 0.25) is 0 Å². The van der Waals surface area contributed by atoms with E-state index in [1.54, 1.807) is 0 Å². The van der Waals surface area contributed by atoms with Crippen LogP contribution in [0.1, 0.15) is 59.6 Å². The number of hydrogen-bond acceptors (Lipinski definition) is 2. The molecule has 0 bridgehead atoms. The van der Waals surface area contributed by atoms with Crippen molar-refractivity contribution in [3.05, 3.63) is 23.3 Å². The van der Waals surface area contributed by atoms with E-state index in [0.717, 1.165) is 22.6 Å². The van der Waals surface area contributed by atoms with Crippen LogP contribution in [-0.2, 0) is 10.8 Å². The molecule has 0 amide bonds. The van der Waals surface area contributed by atoms with Crippen LogP contribution in [0.4, 0.5) is 0 Å². The van der Waals surface area contributed by atoms with Gasteiger partial charge in [-0.2, -0.15) is 0 Å². The van der Waals surface area contributed by atoms with Crippen LogP contribution in [-0.4, -0.2) is 6.61 Å². The van der Waals surface area contributed by atoms with Crippen molar-refractivity contribution < 1.29 is 9.26 Å². The summed E-state index contributed by atoms with van der Waals surface area (Å²) in [6, 6.07) is 4.06. The Morgan fingerprint density at radius 1 is 0.952 bits per heavy atom. The van der Waals surface area contributed by atoms with E-state index in [0.29, 0.717) is 6.61 Å². The average Bonchev–Trinajstić information content (AvgIpc) is 2.27. The zero-order valence-corrected chi connectivity index (χ0v) is 16.3. The third-order valence-corrected chi connectivity index (χ3v) is 3.88. The van der Waals surface area contributed by atoms with E-state index in [2.05, 4.69) is 41.5 Å². The molecule has 1 rings (SSSR count). The number of benzene rings is 1. The summed E-state index contributed by atoms with van der Waals surface area (Å²) in [5.41, 5.74) is 1.93. The number of hydrogen-bond donors (Lipinski definition) is 0. The Hall–Kier alpha value is -0.170. The van der Waals surface area contributed by atoms with Crippen molar-refractivity contribution in [1.29, 1.82) is 0 Å². The average molecular weight is 351 g/mol. The lowest BCUT2D eigenvalue weighted by Gasteiger charge is -2.30. The van der Waals surface area contributed by atoms with Crippen LogP contribution >= 0.6 is 29.3 Å². The maximum Gasteiger partial charge on any atom is 0.284 e. The summed E-state index contributed by atoms with van der Waals surface area (Å²) in [5.74, 6) is 1.64. The predicted octanol–water partition coefficient (Wildman–Crippen LogP) is 6.76. The van der Waals surface area contributed by atoms with E-state index in [-0.39, 0.29) is 10.8 Å². The Kier molecular flexibility index (Phi) is 6.24. The fourth-order valence-electron chi connectivity index (χ4n) is 2.13. The largest absolute Gasteiger partial charge is 0.494 e. The number of ether oxygens (including phenoxy) is 1. The molecule has 0 aromatic heterocycles. The van der Waals surface area contributed by atoms with Gasteiger partial charge in [-0.1, -0.05) is 41.5 Å². The highest BCUT2D eigenvalue weighted by molar-refractivity contribution is 8.00. The second kappa shape index (κ2) is 6.94. The van der Waals surface area contributed by atoms with Gasteiger partial charge in [0.25, 0.3) is 6.85 Å². The molecule has 1 aromatic carbocycles. The van der Waals surface area contributed by atoms with E-state index < -0.39 is 6.85 Å². The Morgan fingerprint density at radius 3 is 1.67 bits per heavy atom. The van der Waals surface area contributed by atoms with E-state index in [4.69, 9.17) is 31.7 Å². The first-order chi connectivity index (χ1) is 9.46. The Bertz CT molecular complexity index is 453. The molecule has 0 fully saturated rings. The molecule has 120 valence electrons. The van der Waals surface area contributed by atoms with Gasteiger partial charge in [-0.15, -0.1) is 0 Å². The van der Waals surface area contributed by atoms with Crippen LogP contribution in [0.3, 0.4) is 0 Å². The van der Waals surface area contributed by atoms with Gasteiger partial charge in [0.15, 0.2) is 0 Å². The Morgan fingerprint density at radius 2 is 1.38 bits per heavy atom. The highest BCUT2D eigenvalue weighted by atomic mass is 35.9. The molecular formula is C16H25Cl2O2P. The van der Waals surface area contributed by atoms with Crippen LogP contribution < -0.4 is 9.26 Å². The molecule has 0 atom stereocenters. The molecule has 0 spiro atoms. The van der Waals surface area contributed by atoms with E-state index >= 15 is 0 Å². The maximum absolute atomic E-state index is 5.93. The molecule has 0 radical (unpaired) electrons. The second-order valence-electron chi connectivity index (χ2n) is 7.07. The van der Waals surface area contributed by atoms with Crippen molar-refractivity contribution in [2.24, 2.45) is 0 Å². The van der Waals surface area contributed by atoms with Gasteiger partial charge in [-0.05, 0) is 52.4 Å². The first kappa shape index (κ1) is 18.9. The fourth-order valence-corrected chi connectivity index (χ4v) is 2.88. The molecule has 1 aromatic rings. The maximum atomic E-state index is 5.93. The van der Waals surface area contributed by atoms with Crippen LogP contribution in [0.15, 0.2) is 12.1 Å². The molecule has 0 saturated heterocycles. The van der Waals surface area contributed by atoms with Crippen LogP contribution in [0.25, 0.3) is 0 Å². The minimum Gasteiger partial charge on any atom is -0.494 e. The van der Waals surface area contributed by atoms with Crippen molar-refractivity contribution in [2.75, 3.05) is 6.61 Å². The summed E-state index contributed by atoms with van der Waals surface area (Å²) >= 11 is 11.9. The van der Waals surface area contributed by atoms with E-state index in [1.807, 2.05) is 19.1 Å². The summed E-state index contributed by atoms with van der Waals surface area (Å²) in [4.78, 5) is 0. The minimum absolute atomic E-state index is 0.0957. The van der Waals surface area contributed by atoms with Crippen molar-refractivity contribution in [1.82, 2.24) is 0 Å². The zero-order chi connectivity index (χ0) is 16.4. The van der Waals surface area contributed by atoms with E-state index in [1.165, 1.54) is 0 Å². The smallest absolute Gasteiger partial charge is 0.284 e. The SMILES string of the molecule is CCOc1cc(C(C)(C)C)c(OP(Cl)Cl)c(C(C)(C)C)c1. The van der Waals surface area contributed by atoms with Crippen LogP contribution in [0, 0.1) is 0 Å². The normalized spacial score (nSPS) is 12.7. The van der Waals surface area contributed by atoms with Gasteiger partial charge >= 0.3 is 0 Å². The molecule has 21 heavy (non-hydrogen) atoms. The Labute approximate surface area is 139 Å². The lowest BCUT2D eigenvalue weighted by Crippen LogP contribution is -2.19. The standard InChI is InChI=1S/C16H25Cl2O2P/c1-8-19-11-9-12(15(2,3)4)14(20-21(17)18)13(10-11)16(5,6)7/h9-10H,8H2,1-7H3. The first-order valence-electron chi connectivity index (χ1n) is 7.08. The van der Waals surface area contributed by atoms with Crippen molar-refractivity contribution in [3.8, 4) is 11.5 Å². The number of halogens is 2. The molecule has 0 aliphatic carbocycles. The van der Waals surface area contributed by atoms with E-state index in [9.17, 15) is 0 Å². The molecule has 0 aliphatic heterocycles. The highest BCUT2D eigenvalue weighted by Gasteiger charge is 2.29. The van der Waals surface area contributed by atoms with Crippen LogP contribution in [0.5, 0.6) is 11.5 Å². The third-order valence-electron chi connectivity index (χ3n) is 3.15. The lowest BCUT2D eigenvalue weighted by molar-refractivity contribution is 0.337. The van der Waals surface area contributed by atoms with Gasteiger partial charge in [-0.3, -0.25) is 0 Å². The molecule has 5 heteroatoms. The molecule has 0 saturated carbocycles. The molecule has 0 heterocycles. The molecule has 0 N–H and O–H groups in total. The van der Waals surface area contributed by atoms with Gasteiger partial charge in [0.2, 0.25) is 0 Å². The Balaban J connectivity index is 3.61. The van der Waals surface area contributed by atoms with Gasteiger partial charge in [0.05, 0.1) is 6.61 Å². The lowest BCUT2D eigenvalue weighted by atomic mass is 9.79. The minimum atomic E-state index is -1.52. The number of rotatable bonds is 4. The quantitative estimate of drug-likeness (QED) is 0.558. The van der Waals surface area contributed by atoms with Crippen molar-refractivity contribution in [2.45, 2.75) is 59.3 Å². The first-order valence-corrected chi connectivity index (χ1v) is 10.1. The van der Waals surface area contributed by atoms with Gasteiger partial charge in [-0.25, -0.2) is 0 Å². The van der Waals surface area contributed by atoms with Crippen molar-refractivity contribution >= 4 is 29.3 Å². The topological polar surface area (TPSA) is 18.5 Å². The third kappa shape index (κ3) is 5.20. The molecule has 0 unspecified atom stereocenters. The summed E-state index contributed by atoms with van der Waals surface area (Å²) in [5, 5.41) is 0. The second-order valence-corrected chi connectivity index (χ2v) is 10.0. The summed E-state index contributed by atoms with van der Waals surface area (Å²) in [6.45, 7) is 13.9. The molecule has 0 aliphatic rings. The summed E-state index contributed by atoms with van der Waals surface area (Å²) in [6.07, 6.45) is 0.